The van der Waals surface area contributed by atoms with Crippen molar-refractivity contribution in [3.8, 4) is 0 Å². The molecular formula is C14H17ClN4O. The summed E-state index contributed by atoms with van der Waals surface area (Å²) in [4.78, 5) is 19.1. The SMILES string of the molecule is CCNc1ccc(Cl)cc1C(=O)NCCc1cnc[nH]1. The molecule has 0 atom stereocenters. The van der Waals surface area contributed by atoms with Gasteiger partial charge in [0.15, 0.2) is 0 Å². The minimum atomic E-state index is -0.136. The maximum atomic E-state index is 12.2. The topological polar surface area (TPSA) is 69.8 Å². The number of rotatable bonds is 6. The fourth-order valence-corrected chi connectivity index (χ4v) is 2.05. The summed E-state index contributed by atoms with van der Waals surface area (Å²) in [5, 5.41) is 6.58. The molecule has 0 saturated heterocycles. The van der Waals surface area contributed by atoms with Crippen LogP contribution in [0.25, 0.3) is 0 Å². The van der Waals surface area contributed by atoms with Crippen molar-refractivity contribution in [1.82, 2.24) is 15.3 Å². The Labute approximate surface area is 122 Å². The Hall–Kier alpha value is -2.01. The lowest BCUT2D eigenvalue weighted by molar-refractivity contribution is 0.0955. The number of nitrogens with zero attached hydrogens (tertiary/aromatic N) is 1. The maximum Gasteiger partial charge on any atom is 0.253 e. The third kappa shape index (κ3) is 3.74. The van der Waals surface area contributed by atoms with Crippen LogP contribution in [-0.2, 0) is 6.42 Å². The molecule has 3 N–H and O–H groups in total. The predicted octanol–water partition coefficient (Wildman–Crippen LogP) is 2.47. The van der Waals surface area contributed by atoms with E-state index in [-0.39, 0.29) is 5.91 Å². The number of anilines is 1. The average Bonchev–Trinajstić information content (AvgIpc) is 2.94. The van der Waals surface area contributed by atoms with Gasteiger partial charge in [0.05, 0.1) is 11.9 Å². The lowest BCUT2D eigenvalue weighted by Gasteiger charge is -2.11. The Balaban J connectivity index is 1.99. The van der Waals surface area contributed by atoms with Crippen LogP contribution in [0, 0.1) is 0 Å². The van der Waals surface area contributed by atoms with Gasteiger partial charge in [-0.1, -0.05) is 11.6 Å². The molecule has 0 bridgehead atoms. The van der Waals surface area contributed by atoms with Crippen LogP contribution < -0.4 is 10.6 Å². The summed E-state index contributed by atoms with van der Waals surface area (Å²) in [6, 6.07) is 5.25. The van der Waals surface area contributed by atoms with Gasteiger partial charge < -0.3 is 15.6 Å². The zero-order valence-corrected chi connectivity index (χ0v) is 12.0. The van der Waals surface area contributed by atoms with Crippen LogP contribution in [0.15, 0.2) is 30.7 Å². The molecule has 0 fully saturated rings. The fourth-order valence-electron chi connectivity index (χ4n) is 1.88. The van der Waals surface area contributed by atoms with Crippen molar-refractivity contribution in [2.45, 2.75) is 13.3 Å². The van der Waals surface area contributed by atoms with Crippen molar-refractivity contribution in [2.24, 2.45) is 0 Å². The highest BCUT2D eigenvalue weighted by Crippen LogP contribution is 2.20. The maximum absolute atomic E-state index is 12.2. The molecule has 0 unspecified atom stereocenters. The van der Waals surface area contributed by atoms with Crippen LogP contribution in [0.2, 0.25) is 5.02 Å². The Kier molecular flexibility index (Phi) is 5.01. The largest absolute Gasteiger partial charge is 0.385 e. The van der Waals surface area contributed by atoms with E-state index < -0.39 is 0 Å². The number of carbonyl (C=O) groups is 1. The number of benzene rings is 1. The van der Waals surface area contributed by atoms with E-state index in [0.717, 1.165) is 17.9 Å². The second kappa shape index (κ2) is 6.96. The molecular weight excluding hydrogens is 276 g/mol. The van der Waals surface area contributed by atoms with E-state index in [1.165, 1.54) is 0 Å². The third-order valence-electron chi connectivity index (χ3n) is 2.83. The van der Waals surface area contributed by atoms with Crippen LogP contribution in [0.3, 0.4) is 0 Å². The zero-order valence-electron chi connectivity index (χ0n) is 11.2. The molecule has 0 aliphatic carbocycles. The summed E-state index contributed by atoms with van der Waals surface area (Å²) in [5.74, 6) is -0.136. The molecule has 0 aliphatic rings. The monoisotopic (exact) mass is 292 g/mol. The van der Waals surface area contributed by atoms with Crippen molar-refractivity contribution >= 4 is 23.2 Å². The van der Waals surface area contributed by atoms with Crippen LogP contribution in [0.1, 0.15) is 23.0 Å². The summed E-state index contributed by atoms with van der Waals surface area (Å²) >= 11 is 5.96. The van der Waals surface area contributed by atoms with Gasteiger partial charge in [-0.3, -0.25) is 4.79 Å². The highest BCUT2D eigenvalue weighted by Gasteiger charge is 2.11. The number of amides is 1. The number of aromatic nitrogens is 2. The number of carbonyl (C=O) groups excluding carboxylic acids is 1. The van der Waals surface area contributed by atoms with Crippen LogP contribution in [0.4, 0.5) is 5.69 Å². The number of halogens is 1. The van der Waals surface area contributed by atoms with Gasteiger partial charge in [0.25, 0.3) is 5.91 Å². The minimum absolute atomic E-state index is 0.136. The zero-order chi connectivity index (χ0) is 14.4. The molecule has 0 radical (unpaired) electrons. The Morgan fingerprint density at radius 1 is 1.45 bits per heavy atom. The molecule has 5 nitrogen and oxygen atoms in total. The van der Waals surface area contributed by atoms with E-state index in [1.807, 2.05) is 13.0 Å². The Morgan fingerprint density at radius 3 is 3.00 bits per heavy atom. The normalized spacial score (nSPS) is 10.3. The van der Waals surface area contributed by atoms with Crippen LogP contribution >= 0.6 is 11.6 Å². The van der Waals surface area contributed by atoms with Crippen LogP contribution in [-0.4, -0.2) is 29.0 Å². The quantitative estimate of drug-likeness (QED) is 0.766. The Bertz CT molecular complexity index is 569. The standard InChI is InChI=1S/C14H17ClN4O/c1-2-17-13-4-3-10(15)7-12(13)14(20)18-6-5-11-8-16-9-19-11/h3-4,7-9,17H,2,5-6H2,1H3,(H,16,19)(H,18,20). The molecule has 0 saturated carbocycles. The van der Waals surface area contributed by atoms with Crippen LogP contribution in [0.5, 0.6) is 0 Å². The molecule has 106 valence electrons. The van der Waals surface area contributed by atoms with E-state index >= 15 is 0 Å². The number of H-pyrrole nitrogens is 1. The lowest BCUT2D eigenvalue weighted by atomic mass is 10.1. The van der Waals surface area contributed by atoms with Gasteiger partial charge in [0, 0.05) is 42.1 Å². The van der Waals surface area contributed by atoms with Crippen molar-refractivity contribution in [3.05, 3.63) is 47.0 Å². The number of nitrogens with one attached hydrogen (secondary N) is 3. The lowest BCUT2D eigenvalue weighted by Crippen LogP contribution is -2.26. The van der Waals surface area contributed by atoms with Crippen molar-refractivity contribution in [2.75, 3.05) is 18.4 Å². The van der Waals surface area contributed by atoms with Gasteiger partial charge in [-0.2, -0.15) is 0 Å². The molecule has 2 rings (SSSR count). The highest BCUT2D eigenvalue weighted by molar-refractivity contribution is 6.31. The summed E-state index contributed by atoms with van der Waals surface area (Å²) < 4.78 is 0. The van der Waals surface area contributed by atoms with Crippen molar-refractivity contribution in [1.29, 1.82) is 0 Å². The second-order valence-corrected chi connectivity index (χ2v) is 4.74. The summed E-state index contributed by atoms with van der Waals surface area (Å²) in [7, 11) is 0. The molecule has 6 heteroatoms. The van der Waals surface area contributed by atoms with E-state index in [2.05, 4.69) is 20.6 Å². The van der Waals surface area contributed by atoms with E-state index in [9.17, 15) is 4.79 Å². The van der Waals surface area contributed by atoms with Crippen molar-refractivity contribution in [3.63, 3.8) is 0 Å². The number of hydrogen-bond donors (Lipinski definition) is 3. The number of aromatic amines is 1. The van der Waals surface area contributed by atoms with Gasteiger partial charge in [-0.15, -0.1) is 0 Å². The molecule has 1 aromatic heterocycles. The molecule has 2 aromatic rings. The average molecular weight is 293 g/mol. The first kappa shape index (κ1) is 14.4. The highest BCUT2D eigenvalue weighted by atomic mass is 35.5. The van der Waals surface area contributed by atoms with Gasteiger partial charge in [0.2, 0.25) is 0 Å². The molecule has 1 aromatic carbocycles. The van der Waals surface area contributed by atoms with Gasteiger partial charge in [-0.05, 0) is 25.1 Å². The second-order valence-electron chi connectivity index (χ2n) is 4.30. The van der Waals surface area contributed by atoms with E-state index in [1.54, 1.807) is 24.7 Å². The molecule has 1 amide bonds. The van der Waals surface area contributed by atoms with Gasteiger partial charge in [0.1, 0.15) is 0 Å². The molecule has 0 spiro atoms. The number of hydrogen-bond acceptors (Lipinski definition) is 3. The summed E-state index contributed by atoms with van der Waals surface area (Å²) in [6.07, 6.45) is 4.08. The molecule has 0 aliphatic heterocycles. The summed E-state index contributed by atoms with van der Waals surface area (Å²) in [5.41, 5.74) is 2.34. The molecule has 1 heterocycles. The number of imidazole rings is 1. The molecule has 20 heavy (non-hydrogen) atoms. The third-order valence-corrected chi connectivity index (χ3v) is 3.06. The van der Waals surface area contributed by atoms with E-state index in [4.69, 9.17) is 11.6 Å². The summed E-state index contributed by atoms with van der Waals surface area (Å²) in [6.45, 7) is 3.27. The Morgan fingerprint density at radius 2 is 2.30 bits per heavy atom. The first-order valence-corrected chi connectivity index (χ1v) is 6.87. The smallest absolute Gasteiger partial charge is 0.253 e. The minimum Gasteiger partial charge on any atom is -0.385 e. The van der Waals surface area contributed by atoms with Gasteiger partial charge >= 0.3 is 0 Å². The first-order chi connectivity index (χ1) is 9.70. The first-order valence-electron chi connectivity index (χ1n) is 6.49. The van der Waals surface area contributed by atoms with Gasteiger partial charge in [-0.25, -0.2) is 4.98 Å². The fraction of sp³-hybridized carbons (Fsp3) is 0.286. The van der Waals surface area contributed by atoms with E-state index in [0.29, 0.717) is 23.6 Å². The van der Waals surface area contributed by atoms with Crippen molar-refractivity contribution < 1.29 is 4.79 Å². The predicted molar refractivity (Wildman–Crippen MR) is 80.2 cm³/mol.